The Morgan fingerprint density at radius 2 is 2.18 bits per heavy atom. The van der Waals surface area contributed by atoms with Gasteiger partial charge in [0.1, 0.15) is 11.7 Å². The van der Waals surface area contributed by atoms with Gasteiger partial charge in [-0.25, -0.2) is 8.42 Å². The molecule has 0 spiro atoms. The highest BCUT2D eigenvalue weighted by atomic mass is 32.2. The normalized spacial score (nSPS) is 19.0. The number of nitro groups is 1. The number of nitrogen functional groups attached to an aromatic ring is 1. The summed E-state index contributed by atoms with van der Waals surface area (Å²) in [5.41, 5.74) is 1.56. The Morgan fingerprint density at radius 3 is 2.73 bits per heavy atom. The monoisotopic (exact) mass is 330 g/mol. The minimum Gasteiger partial charge on any atom is -0.480 e. The van der Waals surface area contributed by atoms with E-state index in [1.807, 2.05) is 0 Å². The van der Waals surface area contributed by atoms with E-state index in [1.54, 1.807) is 0 Å². The molecule has 1 aromatic rings. The van der Waals surface area contributed by atoms with Crippen LogP contribution in [0.15, 0.2) is 23.1 Å². The molecule has 1 fully saturated rings. The number of hydrogen-bond donors (Lipinski definition) is 3. The van der Waals surface area contributed by atoms with Crippen molar-refractivity contribution >= 4 is 27.4 Å². The zero-order valence-corrected chi connectivity index (χ0v) is 12.1. The molecule has 1 heterocycles. The highest BCUT2D eigenvalue weighted by molar-refractivity contribution is 7.89. The lowest BCUT2D eigenvalue weighted by Gasteiger charge is -2.21. The molecular weight excluding hydrogens is 316 g/mol. The number of nitrogens with one attached hydrogen (secondary N) is 1. The number of sulfonamides is 1. The third-order valence-electron chi connectivity index (χ3n) is 3.42. The van der Waals surface area contributed by atoms with E-state index in [0.29, 0.717) is 6.42 Å². The molecule has 11 heteroatoms. The van der Waals surface area contributed by atoms with Crippen LogP contribution in [0.4, 0.5) is 11.4 Å². The Balaban J connectivity index is 2.48. The van der Waals surface area contributed by atoms with E-state index < -0.39 is 32.6 Å². The van der Waals surface area contributed by atoms with Crippen molar-refractivity contribution in [3.63, 3.8) is 0 Å². The van der Waals surface area contributed by atoms with E-state index in [0.717, 1.165) is 22.5 Å². The van der Waals surface area contributed by atoms with Gasteiger partial charge < -0.3 is 10.5 Å². The summed E-state index contributed by atoms with van der Waals surface area (Å²) in [6.07, 6.45) is 0.625. The average Bonchev–Trinajstić information content (AvgIpc) is 2.96. The highest BCUT2D eigenvalue weighted by Gasteiger charge is 2.40. The van der Waals surface area contributed by atoms with Crippen molar-refractivity contribution in [3.8, 4) is 0 Å². The maximum absolute atomic E-state index is 12.5. The second-order valence-electron chi connectivity index (χ2n) is 4.69. The number of aliphatic carboxylic acids is 1. The fourth-order valence-electron chi connectivity index (χ4n) is 2.36. The van der Waals surface area contributed by atoms with Gasteiger partial charge in [0.2, 0.25) is 10.0 Å². The first-order valence-electron chi connectivity index (χ1n) is 6.28. The van der Waals surface area contributed by atoms with Crippen LogP contribution in [0.1, 0.15) is 12.8 Å². The molecule has 0 amide bonds. The number of nitro benzene ring substituents is 1. The number of hydrazine groups is 1. The van der Waals surface area contributed by atoms with Crippen molar-refractivity contribution in [3.05, 3.63) is 28.3 Å². The molecule has 1 saturated heterocycles. The van der Waals surface area contributed by atoms with Crippen molar-refractivity contribution < 1.29 is 23.2 Å². The average molecular weight is 330 g/mol. The van der Waals surface area contributed by atoms with E-state index in [9.17, 15) is 23.3 Å². The van der Waals surface area contributed by atoms with E-state index in [4.69, 9.17) is 10.9 Å². The lowest BCUT2D eigenvalue weighted by Crippen LogP contribution is -2.40. The number of carbonyl (C=O) groups is 1. The second-order valence-corrected chi connectivity index (χ2v) is 6.58. The zero-order chi connectivity index (χ0) is 16.5. The molecule has 10 nitrogen and oxygen atoms in total. The summed E-state index contributed by atoms with van der Waals surface area (Å²) < 4.78 is 25.9. The van der Waals surface area contributed by atoms with Crippen molar-refractivity contribution in [2.45, 2.75) is 23.8 Å². The topological polar surface area (TPSA) is 156 Å². The van der Waals surface area contributed by atoms with Crippen LogP contribution in [0.5, 0.6) is 0 Å². The molecule has 1 aromatic carbocycles. The molecule has 2 rings (SSSR count). The smallest absolute Gasteiger partial charge is 0.322 e. The van der Waals surface area contributed by atoms with Gasteiger partial charge in [-0.3, -0.25) is 20.8 Å². The number of anilines is 1. The van der Waals surface area contributed by atoms with Gasteiger partial charge in [-0.15, -0.1) is 0 Å². The lowest BCUT2D eigenvalue weighted by molar-refractivity contribution is -0.384. The summed E-state index contributed by atoms with van der Waals surface area (Å²) >= 11 is 0. The second kappa shape index (κ2) is 5.87. The first-order valence-corrected chi connectivity index (χ1v) is 7.72. The van der Waals surface area contributed by atoms with E-state index in [1.165, 1.54) is 0 Å². The summed E-state index contributed by atoms with van der Waals surface area (Å²) in [5, 5.41) is 20.0. The van der Waals surface area contributed by atoms with Crippen LogP contribution in [0.2, 0.25) is 0 Å². The Morgan fingerprint density at radius 1 is 1.50 bits per heavy atom. The molecule has 0 radical (unpaired) electrons. The van der Waals surface area contributed by atoms with Gasteiger partial charge in [-0.2, -0.15) is 4.31 Å². The van der Waals surface area contributed by atoms with Crippen molar-refractivity contribution in [1.82, 2.24) is 4.31 Å². The number of benzene rings is 1. The van der Waals surface area contributed by atoms with Crippen LogP contribution < -0.4 is 11.3 Å². The van der Waals surface area contributed by atoms with E-state index in [2.05, 4.69) is 5.43 Å². The molecule has 0 aromatic heterocycles. The Hall–Kier alpha value is -2.24. The van der Waals surface area contributed by atoms with Crippen molar-refractivity contribution in [2.75, 3.05) is 12.0 Å². The quantitative estimate of drug-likeness (QED) is 0.390. The first-order chi connectivity index (χ1) is 10.3. The molecule has 120 valence electrons. The highest BCUT2D eigenvalue weighted by Crippen LogP contribution is 2.31. The molecule has 0 aliphatic carbocycles. The molecular formula is C11H14N4O6S. The SMILES string of the molecule is NNc1ccc(S(=O)(=O)N2CCC[C@@H]2C(=O)O)cc1[N+](=O)[O-]. The number of carboxylic acids is 1. The fraction of sp³-hybridized carbons (Fsp3) is 0.364. The minimum atomic E-state index is -4.13. The van der Waals surface area contributed by atoms with Gasteiger partial charge >= 0.3 is 5.97 Å². The maximum Gasteiger partial charge on any atom is 0.322 e. The summed E-state index contributed by atoms with van der Waals surface area (Å²) in [6, 6.07) is 2.02. The molecule has 22 heavy (non-hydrogen) atoms. The number of rotatable bonds is 5. The van der Waals surface area contributed by atoms with Gasteiger partial charge in [-0.1, -0.05) is 0 Å². The molecule has 0 unspecified atom stereocenters. The van der Waals surface area contributed by atoms with Crippen LogP contribution in [0, 0.1) is 10.1 Å². The number of nitrogens with two attached hydrogens (primary N) is 1. The van der Waals surface area contributed by atoms with Gasteiger partial charge in [0.05, 0.1) is 9.82 Å². The van der Waals surface area contributed by atoms with Gasteiger partial charge in [-0.05, 0) is 25.0 Å². The number of hydrogen-bond acceptors (Lipinski definition) is 7. The largest absolute Gasteiger partial charge is 0.480 e. The van der Waals surface area contributed by atoms with Crippen LogP contribution >= 0.6 is 0 Å². The Labute approximate surface area is 125 Å². The molecule has 4 N–H and O–H groups in total. The number of nitrogens with zero attached hydrogens (tertiary/aromatic N) is 2. The zero-order valence-electron chi connectivity index (χ0n) is 11.3. The predicted octanol–water partition coefficient (Wildman–Crippen LogP) is 0.118. The predicted molar refractivity (Wildman–Crippen MR) is 75.5 cm³/mol. The maximum atomic E-state index is 12.5. The lowest BCUT2D eigenvalue weighted by atomic mass is 10.2. The standard InChI is InChI=1S/C11H14N4O6S/c12-13-8-4-3-7(6-10(8)15(18)19)22(20,21)14-5-1-2-9(14)11(16)17/h3-4,6,9,13H,1-2,5,12H2,(H,16,17)/t9-/m1/s1. The van der Waals surface area contributed by atoms with Crippen molar-refractivity contribution in [1.29, 1.82) is 0 Å². The summed E-state index contributed by atoms with van der Waals surface area (Å²) in [5.74, 6) is 3.90. The molecule has 1 aliphatic rings. The molecule has 1 atom stereocenters. The summed E-state index contributed by atoms with van der Waals surface area (Å²) in [4.78, 5) is 21.0. The summed E-state index contributed by atoms with van der Waals surface area (Å²) in [6.45, 7) is 0.0595. The fourth-order valence-corrected chi connectivity index (χ4v) is 4.03. The third kappa shape index (κ3) is 2.73. The third-order valence-corrected chi connectivity index (χ3v) is 5.32. The van der Waals surface area contributed by atoms with E-state index in [-0.39, 0.29) is 23.5 Å². The van der Waals surface area contributed by atoms with Crippen LogP contribution in [-0.2, 0) is 14.8 Å². The molecule has 0 saturated carbocycles. The molecule has 0 bridgehead atoms. The Kier molecular flexibility index (Phi) is 4.30. The summed E-state index contributed by atoms with van der Waals surface area (Å²) in [7, 11) is -4.13. The van der Waals surface area contributed by atoms with Crippen LogP contribution in [0.25, 0.3) is 0 Å². The number of carboxylic acid groups (broad SMARTS) is 1. The van der Waals surface area contributed by atoms with Gasteiger partial charge in [0, 0.05) is 12.6 Å². The van der Waals surface area contributed by atoms with Gasteiger partial charge in [0.25, 0.3) is 5.69 Å². The first kappa shape index (κ1) is 16.1. The van der Waals surface area contributed by atoms with Crippen LogP contribution in [-0.4, -0.2) is 41.3 Å². The van der Waals surface area contributed by atoms with Gasteiger partial charge in [0.15, 0.2) is 0 Å². The van der Waals surface area contributed by atoms with Crippen LogP contribution in [0.3, 0.4) is 0 Å². The van der Waals surface area contributed by atoms with E-state index >= 15 is 0 Å². The minimum absolute atomic E-state index is 0.0415. The van der Waals surface area contributed by atoms with Crippen molar-refractivity contribution in [2.24, 2.45) is 5.84 Å². The molecule has 1 aliphatic heterocycles. The Bertz CT molecular complexity index is 719.